The maximum absolute atomic E-state index is 3.71. The van der Waals surface area contributed by atoms with Crippen LogP contribution < -0.4 is 5.32 Å². The van der Waals surface area contributed by atoms with Crippen LogP contribution in [-0.2, 0) is 0 Å². The van der Waals surface area contributed by atoms with Crippen LogP contribution in [0.3, 0.4) is 0 Å². The molecule has 2 saturated carbocycles. The molecule has 92 valence electrons. The van der Waals surface area contributed by atoms with Crippen molar-refractivity contribution in [2.24, 2.45) is 17.8 Å². The van der Waals surface area contributed by atoms with Gasteiger partial charge in [0.25, 0.3) is 0 Å². The van der Waals surface area contributed by atoms with Crippen molar-refractivity contribution in [2.75, 3.05) is 32.7 Å². The Kier molecular flexibility index (Phi) is 3.49. The van der Waals surface area contributed by atoms with Gasteiger partial charge in [-0.25, -0.2) is 0 Å². The van der Waals surface area contributed by atoms with Crippen LogP contribution in [0.15, 0.2) is 0 Å². The molecule has 16 heavy (non-hydrogen) atoms. The second-order valence-electron chi connectivity index (χ2n) is 6.09. The highest BCUT2D eigenvalue weighted by molar-refractivity contribution is 4.92. The van der Waals surface area contributed by atoms with Gasteiger partial charge in [0.1, 0.15) is 0 Å². The first-order chi connectivity index (χ1) is 7.93. The number of nitrogens with one attached hydrogen (secondary N) is 1. The number of hydrogen-bond donors (Lipinski definition) is 1. The average molecular weight is 222 g/mol. The van der Waals surface area contributed by atoms with Crippen LogP contribution in [0, 0.1) is 17.8 Å². The number of nitrogens with zero attached hydrogens (tertiary/aromatic N) is 1. The highest BCUT2D eigenvalue weighted by Gasteiger charge is 2.40. The fraction of sp³-hybridized carbons (Fsp3) is 1.00. The van der Waals surface area contributed by atoms with Crippen LogP contribution in [0.4, 0.5) is 0 Å². The smallest absolute Gasteiger partial charge is 0.0107 e. The van der Waals surface area contributed by atoms with Crippen LogP contribution >= 0.6 is 0 Å². The predicted molar refractivity (Wildman–Crippen MR) is 67.5 cm³/mol. The van der Waals surface area contributed by atoms with Crippen LogP contribution in [0.5, 0.6) is 0 Å². The van der Waals surface area contributed by atoms with Gasteiger partial charge in [-0.2, -0.15) is 0 Å². The number of likely N-dealkylation sites (tertiary alicyclic amines) is 1. The summed E-state index contributed by atoms with van der Waals surface area (Å²) in [6.45, 7) is 6.49. The zero-order chi connectivity index (χ0) is 10.8. The largest absolute Gasteiger partial charge is 0.315 e. The van der Waals surface area contributed by atoms with Crippen molar-refractivity contribution in [1.82, 2.24) is 10.2 Å². The second-order valence-corrected chi connectivity index (χ2v) is 6.09. The SMILES string of the molecule is C1CCN(CCNCC(C2CC2)C2CC2)C1. The molecule has 0 aromatic heterocycles. The van der Waals surface area contributed by atoms with E-state index in [1.165, 1.54) is 71.2 Å². The Balaban J connectivity index is 1.29. The summed E-state index contributed by atoms with van der Waals surface area (Å²) in [6, 6.07) is 0. The Morgan fingerprint density at radius 1 is 1.00 bits per heavy atom. The lowest BCUT2D eigenvalue weighted by Gasteiger charge is -2.18. The fourth-order valence-electron chi connectivity index (χ4n) is 3.28. The first-order valence-electron chi connectivity index (χ1n) is 7.36. The molecule has 0 spiro atoms. The number of hydrogen-bond acceptors (Lipinski definition) is 2. The van der Waals surface area contributed by atoms with Gasteiger partial charge in [-0.1, -0.05) is 0 Å². The summed E-state index contributed by atoms with van der Waals surface area (Å²) in [7, 11) is 0. The molecule has 1 N–H and O–H groups in total. The van der Waals surface area contributed by atoms with Gasteiger partial charge in [0.05, 0.1) is 0 Å². The summed E-state index contributed by atoms with van der Waals surface area (Å²) in [5, 5.41) is 3.71. The van der Waals surface area contributed by atoms with Gasteiger partial charge in [-0.15, -0.1) is 0 Å². The van der Waals surface area contributed by atoms with Crippen molar-refractivity contribution in [3.8, 4) is 0 Å². The quantitative estimate of drug-likeness (QED) is 0.664. The molecule has 2 aliphatic carbocycles. The van der Waals surface area contributed by atoms with Gasteiger partial charge in [-0.3, -0.25) is 0 Å². The Hall–Kier alpha value is -0.0800. The average Bonchev–Trinajstić information content (AvgIpc) is 3.20. The molecule has 0 aromatic carbocycles. The van der Waals surface area contributed by atoms with Gasteiger partial charge in [0.2, 0.25) is 0 Å². The van der Waals surface area contributed by atoms with E-state index in [0.717, 1.165) is 17.8 Å². The monoisotopic (exact) mass is 222 g/mol. The van der Waals surface area contributed by atoms with Crippen LogP contribution in [0.1, 0.15) is 38.5 Å². The Morgan fingerprint density at radius 3 is 2.19 bits per heavy atom. The molecule has 1 saturated heterocycles. The second kappa shape index (κ2) is 5.05. The van der Waals surface area contributed by atoms with E-state index in [1.54, 1.807) is 0 Å². The van der Waals surface area contributed by atoms with Crippen molar-refractivity contribution in [3.05, 3.63) is 0 Å². The Morgan fingerprint density at radius 2 is 1.62 bits per heavy atom. The molecule has 0 amide bonds. The molecule has 2 heteroatoms. The third kappa shape index (κ3) is 2.98. The third-order valence-electron chi connectivity index (χ3n) is 4.64. The lowest BCUT2D eigenvalue weighted by atomic mass is 9.98. The van der Waals surface area contributed by atoms with E-state index in [2.05, 4.69) is 10.2 Å². The lowest BCUT2D eigenvalue weighted by Crippen LogP contribution is -2.33. The minimum atomic E-state index is 1.04. The maximum atomic E-state index is 3.71. The highest BCUT2D eigenvalue weighted by Crippen LogP contribution is 2.48. The van der Waals surface area contributed by atoms with Gasteiger partial charge in [0, 0.05) is 13.1 Å². The summed E-state index contributed by atoms with van der Waals surface area (Å²) < 4.78 is 0. The number of rotatable bonds is 7. The summed E-state index contributed by atoms with van der Waals surface area (Å²) in [5.74, 6) is 3.25. The molecular formula is C14H26N2. The first kappa shape index (κ1) is 11.0. The third-order valence-corrected chi connectivity index (χ3v) is 4.64. The molecule has 1 heterocycles. The highest BCUT2D eigenvalue weighted by atomic mass is 15.1. The van der Waals surface area contributed by atoms with E-state index in [0.29, 0.717) is 0 Å². The summed E-state index contributed by atoms with van der Waals surface area (Å²) in [4.78, 5) is 2.61. The maximum Gasteiger partial charge on any atom is 0.0107 e. The summed E-state index contributed by atoms with van der Waals surface area (Å²) >= 11 is 0. The Bertz CT molecular complexity index is 203. The van der Waals surface area contributed by atoms with Crippen molar-refractivity contribution in [3.63, 3.8) is 0 Å². The molecule has 0 radical (unpaired) electrons. The minimum Gasteiger partial charge on any atom is -0.315 e. The molecule has 3 fully saturated rings. The first-order valence-corrected chi connectivity index (χ1v) is 7.36. The van der Waals surface area contributed by atoms with Gasteiger partial charge in [-0.05, 0) is 75.9 Å². The van der Waals surface area contributed by atoms with E-state index in [1.807, 2.05) is 0 Å². The van der Waals surface area contributed by atoms with E-state index < -0.39 is 0 Å². The summed E-state index contributed by atoms with van der Waals surface area (Å²) in [5.41, 5.74) is 0. The van der Waals surface area contributed by atoms with Gasteiger partial charge < -0.3 is 10.2 Å². The molecule has 0 aromatic rings. The predicted octanol–water partition coefficient (Wildman–Crippen LogP) is 2.11. The normalized spacial score (nSPS) is 26.8. The topological polar surface area (TPSA) is 15.3 Å². The summed E-state index contributed by atoms with van der Waals surface area (Å²) in [6.07, 6.45) is 8.94. The molecular weight excluding hydrogens is 196 g/mol. The zero-order valence-electron chi connectivity index (χ0n) is 10.5. The van der Waals surface area contributed by atoms with E-state index >= 15 is 0 Å². The van der Waals surface area contributed by atoms with Gasteiger partial charge >= 0.3 is 0 Å². The van der Waals surface area contributed by atoms with Crippen LogP contribution in [0.25, 0.3) is 0 Å². The van der Waals surface area contributed by atoms with Gasteiger partial charge in [0.15, 0.2) is 0 Å². The lowest BCUT2D eigenvalue weighted by molar-refractivity contribution is 0.318. The molecule has 3 aliphatic rings. The van der Waals surface area contributed by atoms with Crippen molar-refractivity contribution in [2.45, 2.75) is 38.5 Å². The molecule has 2 nitrogen and oxygen atoms in total. The van der Waals surface area contributed by atoms with E-state index in [9.17, 15) is 0 Å². The minimum absolute atomic E-state index is 1.04. The van der Waals surface area contributed by atoms with E-state index in [-0.39, 0.29) is 0 Å². The zero-order valence-corrected chi connectivity index (χ0v) is 10.5. The van der Waals surface area contributed by atoms with Crippen LogP contribution in [0.2, 0.25) is 0 Å². The van der Waals surface area contributed by atoms with E-state index in [4.69, 9.17) is 0 Å². The molecule has 1 aliphatic heterocycles. The van der Waals surface area contributed by atoms with Crippen molar-refractivity contribution in [1.29, 1.82) is 0 Å². The molecule has 0 bridgehead atoms. The molecule has 3 rings (SSSR count). The molecule has 0 atom stereocenters. The molecule has 0 unspecified atom stereocenters. The van der Waals surface area contributed by atoms with Crippen molar-refractivity contribution < 1.29 is 0 Å². The Labute approximate surface area is 99.8 Å². The fourth-order valence-corrected chi connectivity index (χ4v) is 3.28. The van der Waals surface area contributed by atoms with Crippen LogP contribution in [-0.4, -0.2) is 37.6 Å². The standard InChI is InChI=1S/C14H26N2/c1-2-9-16(8-1)10-7-15-11-14(12-3-4-12)13-5-6-13/h12-15H,1-11H2. The van der Waals surface area contributed by atoms with Crippen molar-refractivity contribution >= 4 is 0 Å².